The summed E-state index contributed by atoms with van der Waals surface area (Å²) in [5, 5.41) is 3.42. The van der Waals surface area contributed by atoms with Crippen molar-refractivity contribution in [1.29, 1.82) is 0 Å². The predicted octanol–water partition coefficient (Wildman–Crippen LogP) is -0.225. The van der Waals surface area contributed by atoms with Crippen molar-refractivity contribution in [3.05, 3.63) is 0 Å². The highest BCUT2D eigenvalue weighted by atomic mass is 15.3. The van der Waals surface area contributed by atoms with Crippen LogP contribution in [0.4, 0.5) is 0 Å². The Hall–Kier alpha value is -0.160. The van der Waals surface area contributed by atoms with E-state index in [1.807, 2.05) is 0 Å². The fraction of sp³-hybridized carbons (Fsp3) is 1.00. The van der Waals surface area contributed by atoms with Gasteiger partial charge >= 0.3 is 0 Å². The molecule has 0 aromatic rings. The number of nitrogens with one attached hydrogen (secondary N) is 1. The summed E-state index contributed by atoms with van der Waals surface area (Å²) in [6, 6.07) is 0. The molecule has 100 valence electrons. The molecule has 2 saturated heterocycles. The molecule has 0 spiro atoms. The molecule has 2 rings (SSSR count). The lowest BCUT2D eigenvalue weighted by Crippen LogP contribution is -2.49. The van der Waals surface area contributed by atoms with Crippen molar-refractivity contribution < 1.29 is 0 Å². The lowest BCUT2D eigenvalue weighted by Gasteiger charge is -2.36. The molecule has 1 N–H and O–H groups in total. The first kappa shape index (κ1) is 13.3. The minimum atomic E-state index is 0.802. The predicted molar refractivity (Wildman–Crippen MR) is 72.4 cm³/mol. The Morgan fingerprint density at radius 3 is 2.00 bits per heavy atom. The zero-order valence-electron chi connectivity index (χ0n) is 11.5. The van der Waals surface area contributed by atoms with Crippen LogP contribution >= 0.6 is 0 Å². The molecule has 2 heterocycles. The van der Waals surface area contributed by atoms with Gasteiger partial charge in [-0.25, -0.2) is 0 Å². The van der Waals surface area contributed by atoms with Gasteiger partial charge in [-0.05, 0) is 13.0 Å². The zero-order valence-corrected chi connectivity index (χ0v) is 11.5. The number of piperazine rings is 2. The van der Waals surface area contributed by atoms with Gasteiger partial charge in [0.25, 0.3) is 0 Å². The summed E-state index contributed by atoms with van der Waals surface area (Å²) in [7, 11) is 2.22. The maximum atomic E-state index is 3.42. The Morgan fingerprint density at radius 1 is 0.882 bits per heavy atom. The molecule has 0 amide bonds. The molecule has 2 fully saturated rings. The minimum Gasteiger partial charge on any atom is -0.314 e. The molecule has 0 bridgehead atoms. The Bertz CT molecular complexity index is 207. The van der Waals surface area contributed by atoms with Crippen LogP contribution in [0.15, 0.2) is 0 Å². The van der Waals surface area contributed by atoms with Crippen LogP contribution in [0.5, 0.6) is 0 Å². The van der Waals surface area contributed by atoms with Crippen LogP contribution < -0.4 is 5.32 Å². The van der Waals surface area contributed by atoms with Crippen molar-refractivity contribution in [2.45, 2.75) is 6.92 Å². The highest BCUT2D eigenvalue weighted by Gasteiger charge is 2.18. The normalized spacial score (nSPS) is 27.2. The summed E-state index contributed by atoms with van der Waals surface area (Å²) in [6.07, 6.45) is 0. The van der Waals surface area contributed by atoms with Gasteiger partial charge in [0, 0.05) is 65.4 Å². The molecule has 2 aliphatic rings. The Morgan fingerprint density at radius 2 is 1.41 bits per heavy atom. The van der Waals surface area contributed by atoms with Crippen LogP contribution in [0.2, 0.25) is 0 Å². The van der Waals surface area contributed by atoms with Crippen LogP contribution in [0.1, 0.15) is 6.92 Å². The molecule has 0 saturated carbocycles. The van der Waals surface area contributed by atoms with E-state index in [0.29, 0.717) is 0 Å². The van der Waals surface area contributed by atoms with Crippen molar-refractivity contribution in [2.75, 3.05) is 72.5 Å². The first-order valence-electron chi connectivity index (χ1n) is 7.08. The molecule has 2 aliphatic heterocycles. The first-order chi connectivity index (χ1) is 8.24. The number of hydrogen-bond acceptors (Lipinski definition) is 4. The van der Waals surface area contributed by atoms with Crippen molar-refractivity contribution >= 4 is 0 Å². The number of likely N-dealkylation sites (N-methyl/N-ethyl adjacent to an activating group) is 1. The molecule has 1 atom stereocenters. The van der Waals surface area contributed by atoms with E-state index in [4.69, 9.17) is 0 Å². The van der Waals surface area contributed by atoms with E-state index < -0.39 is 0 Å². The van der Waals surface area contributed by atoms with Crippen LogP contribution in [0.3, 0.4) is 0 Å². The van der Waals surface area contributed by atoms with E-state index in [2.05, 4.69) is 34.0 Å². The molecule has 0 aromatic carbocycles. The number of nitrogens with zero attached hydrogens (tertiary/aromatic N) is 3. The van der Waals surface area contributed by atoms with Gasteiger partial charge in [0.15, 0.2) is 0 Å². The second-order valence-electron chi connectivity index (χ2n) is 5.76. The van der Waals surface area contributed by atoms with Crippen LogP contribution in [0.25, 0.3) is 0 Å². The molecule has 0 aromatic heterocycles. The number of hydrogen-bond donors (Lipinski definition) is 1. The third-order valence-electron chi connectivity index (χ3n) is 3.95. The van der Waals surface area contributed by atoms with Gasteiger partial charge < -0.3 is 20.0 Å². The third-order valence-corrected chi connectivity index (χ3v) is 3.95. The van der Waals surface area contributed by atoms with Gasteiger partial charge in [-0.15, -0.1) is 0 Å². The van der Waals surface area contributed by atoms with E-state index in [1.54, 1.807) is 0 Å². The molecule has 17 heavy (non-hydrogen) atoms. The largest absolute Gasteiger partial charge is 0.314 e. The van der Waals surface area contributed by atoms with E-state index >= 15 is 0 Å². The van der Waals surface area contributed by atoms with Gasteiger partial charge in [0.1, 0.15) is 0 Å². The second-order valence-corrected chi connectivity index (χ2v) is 5.76. The Balaban J connectivity index is 1.64. The minimum absolute atomic E-state index is 0.802. The van der Waals surface area contributed by atoms with Gasteiger partial charge in [-0.2, -0.15) is 0 Å². The standard InChI is InChI=1S/C13H28N4/c1-13(11-16-5-3-14-4-6-16)12-17-9-7-15(2)8-10-17/h13-14H,3-12H2,1-2H3. The first-order valence-corrected chi connectivity index (χ1v) is 7.08. The van der Waals surface area contributed by atoms with Crippen molar-refractivity contribution in [3.63, 3.8) is 0 Å². The second kappa shape index (κ2) is 6.69. The molecule has 0 aliphatic carbocycles. The summed E-state index contributed by atoms with van der Waals surface area (Å²) in [5.41, 5.74) is 0. The quantitative estimate of drug-likeness (QED) is 0.733. The molecule has 0 radical (unpaired) electrons. The van der Waals surface area contributed by atoms with E-state index in [9.17, 15) is 0 Å². The highest BCUT2D eigenvalue weighted by Crippen LogP contribution is 2.07. The van der Waals surface area contributed by atoms with Crippen LogP contribution in [0, 0.1) is 5.92 Å². The van der Waals surface area contributed by atoms with Gasteiger partial charge in [-0.1, -0.05) is 6.92 Å². The smallest absolute Gasteiger partial charge is 0.0110 e. The van der Waals surface area contributed by atoms with Gasteiger partial charge in [0.2, 0.25) is 0 Å². The topological polar surface area (TPSA) is 21.8 Å². The van der Waals surface area contributed by atoms with E-state index in [-0.39, 0.29) is 0 Å². The lowest BCUT2D eigenvalue weighted by atomic mass is 10.1. The van der Waals surface area contributed by atoms with Crippen molar-refractivity contribution in [1.82, 2.24) is 20.0 Å². The Labute approximate surface area is 106 Å². The van der Waals surface area contributed by atoms with E-state index in [1.165, 1.54) is 65.4 Å². The summed E-state index contributed by atoms with van der Waals surface area (Å²) in [4.78, 5) is 7.67. The fourth-order valence-electron chi connectivity index (χ4n) is 2.86. The van der Waals surface area contributed by atoms with Crippen LogP contribution in [-0.2, 0) is 0 Å². The maximum Gasteiger partial charge on any atom is 0.0110 e. The van der Waals surface area contributed by atoms with Crippen molar-refractivity contribution in [3.8, 4) is 0 Å². The monoisotopic (exact) mass is 240 g/mol. The van der Waals surface area contributed by atoms with Gasteiger partial charge in [0.05, 0.1) is 0 Å². The lowest BCUT2D eigenvalue weighted by molar-refractivity contribution is 0.122. The molecule has 1 unspecified atom stereocenters. The fourth-order valence-corrected chi connectivity index (χ4v) is 2.86. The summed E-state index contributed by atoms with van der Waals surface area (Å²) < 4.78 is 0. The van der Waals surface area contributed by atoms with Crippen molar-refractivity contribution in [2.24, 2.45) is 5.92 Å². The van der Waals surface area contributed by atoms with Gasteiger partial charge in [-0.3, -0.25) is 0 Å². The van der Waals surface area contributed by atoms with E-state index in [0.717, 1.165) is 5.92 Å². The average Bonchev–Trinajstić information content (AvgIpc) is 2.33. The highest BCUT2D eigenvalue weighted by molar-refractivity contribution is 4.75. The Kier molecular flexibility index (Phi) is 5.22. The number of rotatable bonds is 4. The molecule has 4 nitrogen and oxygen atoms in total. The molecular formula is C13H28N4. The summed E-state index contributed by atoms with van der Waals surface area (Å²) in [5.74, 6) is 0.802. The van der Waals surface area contributed by atoms with Crippen LogP contribution in [-0.4, -0.2) is 87.2 Å². The SMILES string of the molecule is CC(CN1CCNCC1)CN1CCN(C)CC1. The third kappa shape index (κ3) is 4.54. The zero-order chi connectivity index (χ0) is 12.1. The molecule has 4 heteroatoms. The summed E-state index contributed by atoms with van der Waals surface area (Å²) >= 11 is 0. The molecular weight excluding hydrogens is 212 g/mol. The average molecular weight is 240 g/mol. The maximum absolute atomic E-state index is 3.42. The summed E-state index contributed by atoms with van der Waals surface area (Å²) in [6.45, 7) is 14.7.